The van der Waals surface area contributed by atoms with E-state index in [-0.39, 0.29) is 5.56 Å². The smallest absolute Gasteiger partial charge is 0.220 e. The zero-order valence-electron chi connectivity index (χ0n) is 12.4. The molecule has 1 aliphatic heterocycles. The third-order valence-corrected chi connectivity index (χ3v) is 3.71. The van der Waals surface area contributed by atoms with E-state index in [4.69, 9.17) is 0 Å². The Morgan fingerprint density at radius 1 is 0.680 bits per heavy atom. The van der Waals surface area contributed by atoms with Gasteiger partial charge in [0.1, 0.15) is 6.17 Å². The molecule has 1 saturated heterocycles. The Kier molecular flexibility index (Phi) is 4.45. The van der Waals surface area contributed by atoms with Gasteiger partial charge in [0, 0.05) is 0 Å². The van der Waals surface area contributed by atoms with E-state index in [1.807, 2.05) is 0 Å². The van der Waals surface area contributed by atoms with Gasteiger partial charge in [-0.05, 0) is 41.0 Å². The molecule has 4 nitrogen and oxygen atoms in total. The fourth-order valence-corrected chi connectivity index (χ4v) is 2.49. The fraction of sp³-hybridized carbons (Fsp3) is 0.200. The standard InChI is InChI=1S/C15H12F6N4/c16-14(17,18)9-3-1-8(2-4-9)11-6-5-10(15(19,20)21)7-12(11)13-22-24-25-23-13/h1-7,13,22-25H. The summed E-state index contributed by atoms with van der Waals surface area (Å²) in [5.74, 6) is 0. The third kappa shape index (κ3) is 3.76. The minimum absolute atomic E-state index is 0.229. The van der Waals surface area contributed by atoms with Crippen LogP contribution in [0, 0.1) is 0 Å². The van der Waals surface area contributed by atoms with Crippen LogP contribution in [0.25, 0.3) is 11.1 Å². The SMILES string of the molecule is FC(F)(F)c1ccc(-c2ccc(C(F)(F)F)cc2C2NNNN2)cc1. The molecule has 2 aromatic rings. The Morgan fingerprint density at radius 2 is 1.20 bits per heavy atom. The molecule has 0 atom stereocenters. The minimum atomic E-state index is -4.53. The van der Waals surface area contributed by atoms with Gasteiger partial charge in [0.05, 0.1) is 11.1 Å². The number of hydrogen-bond acceptors (Lipinski definition) is 4. The molecule has 2 aromatic carbocycles. The van der Waals surface area contributed by atoms with Crippen LogP contribution in [0.1, 0.15) is 22.9 Å². The van der Waals surface area contributed by atoms with Crippen LogP contribution < -0.4 is 21.9 Å². The third-order valence-electron chi connectivity index (χ3n) is 3.71. The van der Waals surface area contributed by atoms with Crippen molar-refractivity contribution in [3.8, 4) is 11.1 Å². The lowest BCUT2D eigenvalue weighted by atomic mass is 9.95. The van der Waals surface area contributed by atoms with Crippen molar-refractivity contribution in [2.45, 2.75) is 18.5 Å². The van der Waals surface area contributed by atoms with Gasteiger partial charge in [0.15, 0.2) is 0 Å². The van der Waals surface area contributed by atoms with Crippen molar-refractivity contribution in [3.63, 3.8) is 0 Å². The van der Waals surface area contributed by atoms with Crippen molar-refractivity contribution in [2.75, 3.05) is 0 Å². The molecule has 0 radical (unpaired) electrons. The van der Waals surface area contributed by atoms with Crippen LogP contribution >= 0.6 is 0 Å². The number of benzene rings is 2. The molecule has 3 rings (SSSR count). The summed E-state index contributed by atoms with van der Waals surface area (Å²) in [6.45, 7) is 0. The van der Waals surface area contributed by atoms with Gasteiger partial charge in [-0.1, -0.05) is 18.2 Å². The first-order valence-corrected chi connectivity index (χ1v) is 7.06. The van der Waals surface area contributed by atoms with Crippen LogP contribution in [-0.4, -0.2) is 0 Å². The molecule has 0 spiro atoms. The second-order valence-electron chi connectivity index (χ2n) is 5.35. The molecular formula is C15H12F6N4. The molecule has 0 amide bonds. The molecule has 1 fully saturated rings. The highest BCUT2D eigenvalue weighted by Crippen LogP contribution is 2.36. The number of halogens is 6. The molecule has 0 bridgehead atoms. The first-order chi connectivity index (χ1) is 11.7. The number of hydrogen-bond donors (Lipinski definition) is 4. The van der Waals surface area contributed by atoms with Crippen LogP contribution in [0.3, 0.4) is 0 Å². The normalized spacial score (nSPS) is 16.4. The first-order valence-electron chi connectivity index (χ1n) is 7.06. The Labute approximate surface area is 138 Å². The van der Waals surface area contributed by atoms with E-state index in [1.54, 1.807) is 0 Å². The number of alkyl halides is 6. The topological polar surface area (TPSA) is 48.1 Å². The molecular weight excluding hydrogens is 350 g/mol. The molecule has 4 N–H and O–H groups in total. The second-order valence-corrected chi connectivity index (χ2v) is 5.35. The van der Waals surface area contributed by atoms with Gasteiger partial charge in [0.25, 0.3) is 0 Å². The molecule has 0 aliphatic carbocycles. The highest BCUT2D eigenvalue weighted by molar-refractivity contribution is 5.69. The summed E-state index contributed by atoms with van der Waals surface area (Å²) >= 11 is 0. The van der Waals surface area contributed by atoms with E-state index in [0.717, 1.165) is 24.3 Å². The van der Waals surface area contributed by atoms with E-state index in [2.05, 4.69) is 21.9 Å². The van der Waals surface area contributed by atoms with Crippen molar-refractivity contribution in [1.29, 1.82) is 0 Å². The van der Waals surface area contributed by atoms with E-state index < -0.39 is 29.6 Å². The Hall–Kier alpha value is -2.14. The van der Waals surface area contributed by atoms with Crippen molar-refractivity contribution in [1.82, 2.24) is 21.9 Å². The minimum Gasteiger partial charge on any atom is -0.220 e. The summed E-state index contributed by atoms with van der Waals surface area (Å²) in [4.78, 5) is 0. The number of hydrazine groups is 3. The van der Waals surface area contributed by atoms with Crippen molar-refractivity contribution < 1.29 is 26.3 Å². The molecule has 134 valence electrons. The summed E-state index contributed by atoms with van der Waals surface area (Å²) in [5, 5.41) is 0. The Balaban J connectivity index is 2.05. The largest absolute Gasteiger partial charge is 0.416 e. The summed E-state index contributed by atoms with van der Waals surface area (Å²) in [5.41, 5.74) is 9.63. The Morgan fingerprint density at radius 3 is 1.72 bits per heavy atom. The second kappa shape index (κ2) is 6.30. The van der Waals surface area contributed by atoms with Gasteiger partial charge in [0.2, 0.25) is 0 Å². The van der Waals surface area contributed by atoms with Gasteiger partial charge < -0.3 is 0 Å². The molecule has 10 heteroatoms. The summed E-state index contributed by atoms with van der Waals surface area (Å²) in [7, 11) is 0. The van der Waals surface area contributed by atoms with Gasteiger partial charge >= 0.3 is 12.4 Å². The average Bonchev–Trinajstić information content (AvgIpc) is 3.07. The highest BCUT2D eigenvalue weighted by Gasteiger charge is 2.33. The maximum absolute atomic E-state index is 13.0. The van der Waals surface area contributed by atoms with Crippen LogP contribution in [0.15, 0.2) is 42.5 Å². The summed E-state index contributed by atoms with van der Waals surface area (Å²) in [6.07, 6.45) is -9.73. The van der Waals surface area contributed by atoms with Gasteiger partial charge in [-0.2, -0.15) is 37.4 Å². The van der Waals surface area contributed by atoms with E-state index in [9.17, 15) is 26.3 Å². The van der Waals surface area contributed by atoms with Gasteiger partial charge in [-0.15, -0.1) is 0 Å². The van der Waals surface area contributed by atoms with E-state index >= 15 is 0 Å². The Bertz CT molecular complexity index is 748. The molecule has 0 unspecified atom stereocenters. The fourth-order valence-electron chi connectivity index (χ4n) is 2.49. The lowest BCUT2D eigenvalue weighted by Gasteiger charge is -2.18. The van der Waals surface area contributed by atoms with Crippen LogP contribution in [0.5, 0.6) is 0 Å². The predicted octanol–water partition coefficient (Wildman–Crippen LogP) is 3.51. The molecule has 0 aromatic heterocycles. The predicted molar refractivity (Wildman–Crippen MR) is 77.2 cm³/mol. The van der Waals surface area contributed by atoms with Crippen molar-refractivity contribution >= 4 is 0 Å². The molecule has 1 aliphatic rings. The van der Waals surface area contributed by atoms with Gasteiger partial charge in [-0.3, -0.25) is 0 Å². The van der Waals surface area contributed by atoms with Gasteiger partial charge in [-0.25, -0.2) is 10.9 Å². The van der Waals surface area contributed by atoms with Crippen LogP contribution in [0.4, 0.5) is 26.3 Å². The van der Waals surface area contributed by atoms with Crippen LogP contribution in [-0.2, 0) is 12.4 Å². The average molecular weight is 362 g/mol. The number of rotatable bonds is 2. The zero-order chi connectivity index (χ0) is 18.2. The van der Waals surface area contributed by atoms with Crippen molar-refractivity contribution in [2.24, 2.45) is 0 Å². The van der Waals surface area contributed by atoms with Crippen LogP contribution in [0.2, 0.25) is 0 Å². The lowest BCUT2D eigenvalue weighted by molar-refractivity contribution is -0.138. The maximum Gasteiger partial charge on any atom is 0.416 e. The zero-order valence-corrected chi connectivity index (χ0v) is 12.4. The lowest BCUT2D eigenvalue weighted by Crippen LogP contribution is -2.33. The van der Waals surface area contributed by atoms with E-state index in [1.165, 1.54) is 18.2 Å². The number of nitrogens with one attached hydrogen (secondary N) is 4. The molecule has 1 heterocycles. The highest BCUT2D eigenvalue weighted by atomic mass is 19.4. The summed E-state index contributed by atoms with van der Waals surface area (Å²) < 4.78 is 76.9. The molecule has 0 saturated carbocycles. The monoisotopic (exact) mass is 362 g/mol. The van der Waals surface area contributed by atoms with Crippen molar-refractivity contribution in [3.05, 3.63) is 59.2 Å². The first kappa shape index (κ1) is 17.7. The molecule has 25 heavy (non-hydrogen) atoms. The van der Waals surface area contributed by atoms with E-state index in [0.29, 0.717) is 11.1 Å². The maximum atomic E-state index is 13.0. The quantitative estimate of drug-likeness (QED) is 0.618. The summed E-state index contributed by atoms with van der Waals surface area (Å²) in [6, 6.07) is 7.32.